The van der Waals surface area contributed by atoms with Crippen molar-refractivity contribution in [2.24, 2.45) is 11.5 Å². The molecule has 0 radical (unpaired) electrons. The van der Waals surface area contributed by atoms with Crippen molar-refractivity contribution < 1.29 is 19.8 Å². The highest BCUT2D eigenvalue weighted by Crippen LogP contribution is 2.23. The molecular formula is C34H50Cl2N6O5. The van der Waals surface area contributed by atoms with E-state index in [9.17, 15) is 24.6 Å². The van der Waals surface area contributed by atoms with Crippen LogP contribution in [0.25, 0.3) is 0 Å². The lowest BCUT2D eigenvalue weighted by atomic mass is 9.96. The van der Waals surface area contributed by atoms with E-state index in [4.69, 9.17) is 11.5 Å². The second kappa shape index (κ2) is 19.2. The minimum Gasteiger partial charge on any atom is -0.508 e. The standard InChI is InChI=1S/C34H48N6O5.2ClH/c1-19-13-24(41)14-20(2)26(19)17-28(35)32(43)37-11-7-6-9-31-34(45)40-30(23(5)39-31)10-8-12-38-33(44)29(36)18-27-21(3)15-25(42)16-22(27)4;;/h13-16,28-29,41-42H,6-12,17-18,35-36H2,1-5H3,(H,37,43)(H,38,44)(H,40,45);2*1H. The molecule has 9 N–H and O–H groups in total. The van der Waals surface area contributed by atoms with E-state index in [1.54, 1.807) is 24.3 Å². The molecule has 0 fully saturated rings. The number of aromatic nitrogens is 2. The molecule has 0 bridgehead atoms. The van der Waals surface area contributed by atoms with E-state index in [0.717, 1.165) is 44.8 Å². The van der Waals surface area contributed by atoms with Gasteiger partial charge in [-0.05, 0) is 137 Å². The van der Waals surface area contributed by atoms with Crippen molar-refractivity contribution in [2.45, 2.75) is 91.6 Å². The van der Waals surface area contributed by atoms with E-state index >= 15 is 0 Å². The number of H-pyrrole nitrogens is 1. The Morgan fingerprint density at radius 1 is 0.745 bits per heavy atom. The van der Waals surface area contributed by atoms with Crippen LogP contribution in [0.5, 0.6) is 11.5 Å². The average Bonchev–Trinajstić information content (AvgIpc) is 2.96. The number of hydrogen-bond donors (Lipinski definition) is 7. The SMILES string of the molecule is Cc1cc(O)cc(C)c1CC(N)C(=O)NCCCCc1nc(C)c(CCCNC(=O)C(N)Cc2c(C)cc(O)cc2C)[nH]c1=O.Cl.Cl. The number of phenols is 2. The smallest absolute Gasteiger partial charge is 0.269 e. The number of amides is 2. The molecule has 0 saturated heterocycles. The van der Waals surface area contributed by atoms with E-state index in [2.05, 4.69) is 20.6 Å². The van der Waals surface area contributed by atoms with E-state index < -0.39 is 12.1 Å². The van der Waals surface area contributed by atoms with Crippen LogP contribution in [0.15, 0.2) is 29.1 Å². The van der Waals surface area contributed by atoms with Crippen LogP contribution in [0.4, 0.5) is 0 Å². The molecule has 2 amide bonds. The summed E-state index contributed by atoms with van der Waals surface area (Å²) < 4.78 is 0. The Hall–Kier alpha value is -3.64. The molecule has 0 saturated carbocycles. The molecule has 0 aliphatic carbocycles. The molecule has 0 spiro atoms. The van der Waals surface area contributed by atoms with Gasteiger partial charge in [-0.2, -0.15) is 0 Å². The van der Waals surface area contributed by atoms with Crippen LogP contribution in [0.3, 0.4) is 0 Å². The summed E-state index contributed by atoms with van der Waals surface area (Å²) in [5, 5.41) is 25.2. The van der Waals surface area contributed by atoms with E-state index in [1.165, 1.54) is 0 Å². The number of nitrogens with one attached hydrogen (secondary N) is 3. The second-order valence-corrected chi connectivity index (χ2v) is 12.0. The third-order valence-corrected chi connectivity index (χ3v) is 8.19. The minimum atomic E-state index is -0.710. The minimum absolute atomic E-state index is 0. The van der Waals surface area contributed by atoms with Gasteiger partial charge in [-0.1, -0.05) is 0 Å². The van der Waals surface area contributed by atoms with Gasteiger partial charge in [-0.3, -0.25) is 19.4 Å². The molecule has 3 rings (SSSR count). The number of aryl methyl sites for hydroxylation is 7. The van der Waals surface area contributed by atoms with Crippen LogP contribution in [-0.4, -0.2) is 57.2 Å². The van der Waals surface area contributed by atoms with Crippen LogP contribution in [0.2, 0.25) is 0 Å². The zero-order valence-electron chi connectivity index (χ0n) is 27.9. The van der Waals surface area contributed by atoms with Gasteiger partial charge in [0.2, 0.25) is 11.8 Å². The third-order valence-electron chi connectivity index (χ3n) is 8.19. The molecule has 0 aliphatic heterocycles. The van der Waals surface area contributed by atoms with Crippen molar-refractivity contribution in [1.29, 1.82) is 0 Å². The molecule has 13 heteroatoms. The molecule has 260 valence electrons. The molecule has 2 aromatic carbocycles. The first-order valence-corrected chi connectivity index (χ1v) is 15.5. The highest BCUT2D eigenvalue weighted by Gasteiger charge is 2.18. The Kier molecular flexibility index (Phi) is 16.9. The van der Waals surface area contributed by atoms with Crippen LogP contribution in [0.1, 0.15) is 69.7 Å². The summed E-state index contributed by atoms with van der Waals surface area (Å²) in [4.78, 5) is 45.2. The molecule has 47 heavy (non-hydrogen) atoms. The van der Waals surface area contributed by atoms with Crippen LogP contribution >= 0.6 is 24.8 Å². The number of halogens is 2. The average molecular weight is 694 g/mol. The van der Waals surface area contributed by atoms with Crippen molar-refractivity contribution in [2.75, 3.05) is 13.1 Å². The number of aromatic amines is 1. The van der Waals surface area contributed by atoms with E-state index in [0.29, 0.717) is 63.7 Å². The molecule has 1 aromatic heterocycles. The number of nitrogens with two attached hydrogens (primary N) is 2. The Morgan fingerprint density at radius 2 is 1.17 bits per heavy atom. The number of rotatable bonds is 15. The monoisotopic (exact) mass is 692 g/mol. The molecule has 1 heterocycles. The summed E-state index contributed by atoms with van der Waals surface area (Å²) in [6.45, 7) is 10.2. The Labute approximate surface area is 289 Å². The first kappa shape index (κ1) is 41.4. The fraction of sp³-hybridized carbons (Fsp3) is 0.471. The van der Waals surface area contributed by atoms with Crippen molar-refractivity contribution >= 4 is 36.6 Å². The van der Waals surface area contributed by atoms with Crippen LogP contribution in [-0.2, 0) is 35.3 Å². The number of phenolic OH excluding ortho intramolecular Hbond substituents is 2. The summed E-state index contributed by atoms with van der Waals surface area (Å²) >= 11 is 0. The molecule has 11 nitrogen and oxygen atoms in total. The molecule has 2 atom stereocenters. The van der Waals surface area contributed by atoms with Gasteiger partial charge >= 0.3 is 0 Å². The first-order valence-electron chi connectivity index (χ1n) is 15.5. The largest absolute Gasteiger partial charge is 0.508 e. The summed E-state index contributed by atoms with van der Waals surface area (Å²) in [5.41, 5.74) is 19.5. The predicted molar refractivity (Wildman–Crippen MR) is 190 cm³/mol. The van der Waals surface area contributed by atoms with Gasteiger partial charge in [-0.25, -0.2) is 0 Å². The quantitative estimate of drug-likeness (QED) is 0.118. The van der Waals surface area contributed by atoms with Gasteiger partial charge in [0, 0.05) is 18.8 Å². The van der Waals surface area contributed by atoms with Gasteiger partial charge < -0.3 is 37.3 Å². The van der Waals surface area contributed by atoms with Gasteiger partial charge in [-0.15, -0.1) is 24.8 Å². The topological polar surface area (TPSA) is 196 Å². The third kappa shape index (κ3) is 12.2. The highest BCUT2D eigenvalue weighted by atomic mass is 35.5. The first-order chi connectivity index (χ1) is 21.3. The fourth-order valence-electron chi connectivity index (χ4n) is 5.61. The van der Waals surface area contributed by atoms with E-state index in [1.807, 2.05) is 34.6 Å². The van der Waals surface area contributed by atoms with Crippen molar-refractivity contribution in [1.82, 2.24) is 20.6 Å². The van der Waals surface area contributed by atoms with Crippen molar-refractivity contribution in [3.8, 4) is 11.5 Å². The second-order valence-electron chi connectivity index (χ2n) is 12.0. The zero-order valence-corrected chi connectivity index (χ0v) is 29.5. The van der Waals surface area contributed by atoms with Gasteiger partial charge in [0.1, 0.15) is 17.2 Å². The lowest BCUT2D eigenvalue weighted by molar-refractivity contribution is -0.123. The predicted octanol–water partition coefficient (Wildman–Crippen LogP) is 3.19. The number of hydrogen-bond acceptors (Lipinski definition) is 8. The molecule has 0 aliphatic rings. The summed E-state index contributed by atoms with van der Waals surface area (Å²) in [6, 6.07) is 5.25. The van der Waals surface area contributed by atoms with Crippen molar-refractivity contribution in [3.05, 3.63) is 85.1 Å². The van der Waals surface area contributed by atoms with Crippen molar-refractivity contribution in [3.63, 3.8) is 0 Å². The number of aromatic hydroxyl groups is 2. The molecular weight excluding hydrogens is 643 g/mol. The van der Waals surface area contributed by atoms with Crippen LogP contribution < -0.4 is 27.7 Å². The Bertz CT molecular complexity index is 1530. The van der Waals surface area contributed by atoms with Gasteiger partial charge in [0.05, 0.1) is 17.8 Å². The maximum absolute atomic E-state index is 12.7. The van der Waals surface area contributed by atoms with Gasteiger partial charge in [0.25, 0.3) is 5.56 Å². The summed E-state index contributed by atoms with van der Waals surface area (Å²) in [6.07, 6.45) is 3.76. The van der Waals surface area contributed by atoms with Crippen LogP contribution in [0, 0.1) is 34.6 Å². The summed E-state index contributed by atoms with van der Waals surface area (Å²) in [5.74, 6) is -0.0977. The maximum Gasteiger partial charge on any atom is 0.269 e. The number of unbranched alkanes of at least 4 members (excludes halogenated alkanes) is 1. The normalized spacial score (nSPS) is 12.0. The number of benzene rings is 2. The number of nitrogens with zero attached hydrogens (tertiary/aromatic N) is 1. The summed E-state index contributed by atoms with van der Waals surface area (Å²) in [7, 11) is 0. The maximum atomic E-state index is 12.7. The number of carbonyl (C=O) groups is 2. The van der Waals surface area contributed by atoms with E-state index in [-0.39, 0.29) is 53.7 Å². The van der Waals surface area contributed by atoms with Gasteiger partial charge in [0.15, 0.2) is 0 Å². The lowest BCUT2D eigenvalue weighted by Gasteiger charge is -2.16. The lowest BCUT2D eigenvalue weighted by Crippen LogP contribution is -2.42. The molecule has 3 aromatic rings. The highest BCUT2D eigenvalue weighted by molar-refractivity contribution is 5.85. The fourth-order valence-corrected chi connectivity index (χ4v) is 5.61. The number of carbonyl (C=O) groups excluding carboxylic acids is 2. The molecule has 2 unspecified atom stereocenters. The Morgan fingerprint density at radius 3 is 1.62 bits per heavy atom. The Balaban J connectivity index is 0.00000552. The zero-order chi connectivity index (χ0) is 33.3.